The van der Waals surface area contributed by atoms with E-state index in [2.05, 4.69) is 72.8 Å². The Balaban J connectivity index is 5.26. The minimum atomic E-state index is -4.96. The number of ether oxygens (including phenoxy) is 4. The van der Waals surface area contributed by atoms with Crippen LogP contribution < -0.4 is 0 Å². The molecule has 0 saturated heterocycles. The van der Waals surface area contributed by atoms with Gasteiger partial charge in [-0.15, -0.1) is 0 Å². The van der Waals surface area contributed by atoms with Gasteiger partial charge in [0, 0.05) is 25.7 Å². The minimum absolute atomic E-state index is 0.0842. The van der Waals surface area contributed by atoms with Crippen LogP contribution in [0.15, 0.2) is 24.3 Å². The lowest BCUT2D eigenvalue weighted by Crippen LogP contribution is -2.30. The summed E-state index contributed by atoms with van der Waals surface area (Å²) in [6, 6.07) is 0. The van der Waals surface area contributed by atoms with E-state index in [1.165, 1.54) is 141 Å². The van der Waals surface area contributed by atoms with Crippen molar-refractivity contribution in [1.29, 1.82) is 0 Å². The second-order valence-electron chi connectivity index (χ2n) is 27.4. The van der Waals surface area contributed by atoms with Gasteiger partial charge in [0.05, 0.1) is 26.4 Å². The first-order valence-corrected chi connectivity index (χ1v) is 40.7. The van der Waals surface area contributed by atoms with Crippen LogP contribution in [0.3, 0.4) is 0 Å². The number of phosphoric acid groups is 2. The lowest BCUT2D eigenvalue weighted by Gasteiger charge is -2.21. The van der Waals surface area contributed by atoms with Gasteiger partial charge < -0.3 is 33.8 Å². The van der Waals surface area contributed by atoms with Crippen molar-refractivity contribution in [2.75, 3.05) is 39.6 Å². The summed E-state index contributed by atoms with van der Waals surface area (Å²) in [4.78, 5) is 72.6. The lowest BCUT2D eigenvalue weighted by molar-refractivity contribution is -0.161. The smallest absolute Gasteiger partial charge is 0.462 e. The van der Waals surface area contributed by atoms with Crippen LogP contribution in [0.2, 0.25) is 0 Å². The Morgan fingerprint density at radius 1 is 0.333 bits per heavy atom. The number of esters is 4. The van der Waals surface area contributed by atoms with Gasteiger partial charge in [-0.05, 0) is 69.1 Å². The van der Waals surface area contributed by atoms with Gasteiger partial charge in [-0.1, -0.05) is 297 Å². The van der Waals surface area contributed by atoms with Crippen LogP contribution in [0.25, 0.3) is 0 Å². The van der Waals surface area contributed by atoms with Gasteiger partial charge >= 0.3 is 39.5 Å². The van der Waals surface area contributed by atoms with Crippen molar-refractivity contribution in [2.45, 2.75) is 369 Å². The van der Waals surface area contributed by atoms with E-state index in [-0.39, 0.29) is 25.7 Å². The first-order chi connectivity index (χ1) is 44.7. The monoisotopic (exact) mass is 1360 g/mol. The average Bonchev–Trinajstić information content (AvgIpc) is 1.42. The molecule has 17 nitrogen and oxygen atoms in total. The molecule has 2 unspecified atom stereocenters. The number of aliphatic hydroxyl groups is 1. The molecule has 5 atom stereocenters. The summed E-state index contributed by atoms with van der Waals surface area (Å²) in [5.74, 6) is 0.0587. The number of carbonyl (C=O) groups is 4. The van der Waals surface area contributed by atoms with Crippen molar-refractivity contribution in [3.8, 4) is 0 Å². The largest absolute Gasteiger partial charge is 0.472 e. The minimum Gasteiger partial charge on any atom is -0.462 e. The van der Waals surface area contributed by atoms with Gasteiger partial charge in [0.25, 0.3) is 0 Å². The number of carbonyl (C=O) groups excluding carboxylic acids is 4. The molecule has 0 spiro atoms. The fourth-order valence-corrected chi connectivity index (χ4v) is 12.3. The van der Waals surface area contributed by atoms with Crippen LogP contribution in [-0.4, -0.2) is 96.7 Å². The SMILES string of the molecule is CCCCCC/C=C\C=C/CCCCCCCC(=O)O[C@H](COC(=O)CCCCCCCCCCCC(C)C)COP(=O)(O)OC[C@@H](O)COP(=O)(O)OC[C@@H](COC(=O)CCCCCCCCC(C)C)OC(=O)CCCCCCCCCCCCCCCCC(C)C. The molecule has 0 bridgehead atoms. The van der Waals surface area contributed by atoms with E-state index in [1.54, 1.807) is 0 Å². The van der Waals surface area contributed by atoms with Crippen molar-refractivity contribution in [2.24, 2.45) is 17.8 Å². The third kappa shape index (κ3) is 67.9. The third-order valence-electron chi connectivity index (χ3n) is 16.5. The molecular formula is C74H140O17P2. The van der Waals surface area contributed by atoms with Gasteiger partial charge in [0.15, 0.2) is 12.2 Å². The molecule has 3 N–H and O–H groups in total. The Kier molecular flexibility index (Phi) is 62.5. The number of unbranched alkanes of at least 4 members (excludes halogenated alkanes) is 35. The molecule has 0 radical (unpaired) electrons. The molecule has 0 rings (SSSR count). The van der Waals surface area contributed by atoms with Crippen molar-refractivity contribution in [3.63, 3.8) is 0 Å². The first-order valence-electron chi connectivity index (χ1n) is 37.7. The molecule has 19 heteroatoms. The molecule has 0 aliphatic rings. The number of allylic oxidation sites excluding steroid dienone is 4. The number of hydrogen-bond acceptors (Lipinski definition) is 15. The van der Waals surface area contributed by atoms with Crippen LogP contribution in [0.1, 0.15) is 350 Å². The molecule has 0 saturated carbocycles. The van der Waals surface area contributed by atoms with Crippen LogP contribution in [0.5, 0.6) is 0 Å². The van der Waals surface area contributed by atoms with Crippen molar-refractivity contribution >= 4 is 39.5 Å². The van der Waals surface area contributed by atoms with Gasteiger partial charge in [0.1, 0.15) is 19.3 Å². The van der Waals surface area contributed by atoms with Crippen molar-refractivity contribution in [1.82, 2.24) is 0 Å². The second kappa shape index (κ2) is 64.2. The summed E-state index contributed by atoms with van der Waals surface area (Å²) in [5.41, 5.74) is 0. The maximum Gasteiger partial charge on any atom is 0.472 e. The molecular weight excluding hydrogens is 1220 g/mol. The van der Waals surface area contributed by atoms with E-state index in [1.807, 2.05) is 0 Å². The Hall–Kier alpha value is -2.46. The molecule has 0 fully saturated rings. The highest BCUT2D eigenvalue weighted by molar-refractivity contribution is 7.47. The number of phosphoric ester groups is 2. The molecule has 0 aromatic rings. The van der Waals surface area contributed by atoms with Crippen LogP contribution in [0.4, 0.5) is 0 Å². The maximum absolute atomic E-state index is 13.0. The fraction of sp³-hybridized carbons (Fsp3) is 0.892. The lowest BCUT2D eigenvalue weighted by atomic mass is 10.0. The standard InChI is InChI=1S/C74H140O17P2/c1-8-9-10-11-12-13-14-15-16-20-23-28-34-43-50-57-73(78)90-69(61-84-71(76)55-48-41-33-30-25-27-32-39-46-53-66(4)5)63-88-92(80,81)86-59-68(75)60-87-93(82,83)89-64-70(62-85-72(77)56-49-42-37-36-40-47-54-67(6)7)91-74(79)58-51-44-35-29-24-21-18-17-19-22-26-31-38-45-52-65(2)3/h13-16,65-70,75H,8-12,17-64H2,1-7H3,(H,80,81)(H,82,83)/b14-13-,16-15-/t68-,69-,70-/m1/s1. The molecule has 0 heterocycles. The summed E-state index contributed by atoms with van der Waals surface area (Å²) < 4.78 is 68.4. The Bertz CT molecular complexity index is 1910. The zero-order valence-electron chi connectivity index (χ0n) is 60.2. The number of aliphatic hydroxyl groups excluding tert-OH is 1. The highest BCUT2D eigenvalue weighted by Crippen LogP contribution is 2.45. The Morgan fingerprint density at radius 3 is 0.871 bits per heavy atom. The molecule has 0 aliphatic heterocycles. The summed E-state index contributed by atoms with van der Waals surface area (Å²) in [6.07, 6.45) is 52.3. The van der Waals surface area contributed by atoms with Gasteiger partial charge in [-0.2, -0.15) is 0 Å². The molecule has 93 heavy (non-hydrogen) atoms. The zero-order valence-corrected chi connectivity index (χ0v) is 62.0. The molecule has 0 aromatic carbocycles. The van der Waals surface area contributed by atoms with E-state index in [9.17, 15) is 43.2 Å². The van der Waals surface area contributed by atoms with Crippen molar-refractivity contribution < 1.29 is 80.2 Å². The van der Waals surface area contributed by atoms with Gasteiger partial charge in [-0.3, -0.25) is 37.3 Å². The molecule has 0 amide bonds. The summed E-state index contributed by atoms with van der Waals surface area (Å²) in [7, 11) is -9.92. The van der Waals surface area contributed by atoms with E-state index < -0.39 is 97.5 Å². The molecule has 0 aliphatic carbocycles. The van der Waals surface area contributed by atoms with E-state index in [4.69, 9.17) is 37.0 Å². The molecule has 548 valence electrons. The summed E-state index contributed by atoms with van der Waals surface area (Å²) in [6.45, 7) is 11.7. The highest BCUT2D eigenvalue weighted by atomic mass is 31.2. The quantitative estimate of drug-likeness (QED) is 0.0169. The Morgan fingerprint density at radius 2 is 0.581 bits per heavy atom. The van der Waals surface area contributed by atoms with E-state index in [0.29, 0.717) is 31.6 Å². The van der Waals surface area contributed by atoms with Crippen LogP contribution >= 0.6 is 15.6 Å². The summed E-state index contributed by atoms with van der Waals surface area (Å²) >= 11 is 0. The normalized spacial score (nSPS) is 14.3. The predicted molar refractivity (Wildman–Crippen MR) is 377 cm³/mol. The topological polar surface area (TPSA) is 237 Å². The molecule has 0 aromatic heterocycles. The van der Waals surface area contributed by atoms with Gasteiger partial charge in [-0.25, -0.2) is 9.13 Å². The van der Waals surface area contributed by atoms with Crippen LogP contribution in [0, 0.1) is 17.8 Å². The van der Waals surface area contributed by atoms with E-state index >= 15 is 0 Å². The van der Waals surface area contributed by atoms with Crippen molar-refractivity contribution in [3.05, 3.63) is 24.3 Å². The number of hydrogen-bond donors (Lipinski definition) is 3. The Labute approximate surface area is 567 Å². The maximum atomic E-state index is 13.0. The predicted octanol–water partition coefficient (Wildman–Crippen LogP) is 21.0. The summed E-state index contributed by atoms with van der Waals surface area (Å²) in [5, 5.41) is 10.6. The fourth-order valence-electron chi connectivity index (χ4n) is 10.7. The van der Waals surface area contributed by atoms with E-state index in [0.717, 1.165) is 121 Å². The van der Waals surface area contributed by atoms with Gasteiger partial charge in [0.2, 0.25) is 0 Å². The number of rotatable bonds is 70. The third-order valence-corrected chi connectivity index (χ3v) is 18.4. The second-order valence-corrected chi connectivity index (χ2v) is 30.3. The van der Waals surface area contributed by atoms with Crippen LogP contribution in [-0.2, 0) is 65.4 Å². The first kappa shape index (κ1) is 90.5. The highest BCUT2D eigenvalue weighted by Gasteiger charge is 2.30. The zero-order chi connectivity index (χ0) is 68.7. The average molecular weight is 1360 g/mol.